The highest BCUT2D eigenvalue weighted by molar-refractivity contribution is 6.04. The van der Waals surface area contributed by atoms with Crippen LogP contribution in [0.2, 0.25) is 0 Å². The van der Waals surface area contributed by atoms with Crippen molar-refractivity contribution in [3.8, 4) is 11.4 Å². The lowest BCUT2D eigenvalue weighted by atomic mass is 9.89. The van der Waals surface area contributed by atoms with Crippen molar-refractivity contribution in [3.05, 3.63) is 94.9 Å². The van der Waals surface area contributed by atoms with Crippen molar-refractivity contribution in [2.75, 3.05) is 0 Å². The van der Waals surface area contributed by atoms with E-state index >= 15 is 0 Å². The molecule has 0 atom stereocenters. The zero-order valence-corrected chi connectivity index (χ0v) is 16.8. The molecular formula is C25H19FN2O3. The summed E-state index contributed by atoms with van der Waals surface area (Å²) in [6, 6.07) is 17.6. The Bertz CT molecular complexity index is 1350. The number of aliphatic carboxylic acids is 1. The molecule has 0 saturated heterocycles. The molecule has 0 fully saturated rings. The summed E-state index contributed by atoms with van der Waals surface area (Å²) in [5.41, 5.74) is 5.07. The van der Waals surface area contributed by atoms with Gasteiger partial charge in [-0.15, -0.1) is 0 Å². The Morgan fingerprint density at radius 1 is 1.13 bits per heavy atom. The van der Waals surface area contributed by atoms with E-state index < -0.39 is 5.97 Å². The Labute approximate surface area is 178 Å². The molecule has 31 heavy (non-hydrogen) atoms. The number of carboxylic acid groups (broad SMARTS) is 1. The molecular weight excluding hydrogens is 395 g/mol. The molecule has 5 nitrogen and oxygen atoms in total. The van der Waals surface area contributed by atoms with Crippen LogP contribution in [0.5, 0.6) is 5.75 Å². The Balaban J connectivity index is 1.78. The van der Waals surface area contributed by atoms with Crippen molar-refractivity contribution in [1.82, 2.24) is 9.78 Å². The molecule has 0 unspecified atom stereocenters. The molecule has 5 rings (SSSR count). The summed E-state index contributed by atoms with van der Waals surface area (Å²) in [7, 11) is 0. The molecule has 0 saturated carbocycles. The second-order valence-corrected chi connectivity index (χ2v) is 7.40. The summed E-state index contributed by atoms with van der Waals surface area (Å²) in [6.07, 6.45) is 2.10. The Morgan fingerprint density at radius 2 is 1.90 bits per heavy atom. The summed E-state index contributed by atoms with van der Waals surface area (Å²) in [5.74, 6) is -0.664. The van der Waals surface area contributed by atoms with E-state index in [1.54, 1.807) is 23.0 Å². The van der Waals surface area contributed by atoms with Crippen LogP contribution in [-0.4, -0.2) is 20.9 Å². The van der Waals surface area contributed by atoms with E-state index in [0.717, 1.165) is 33.3 Å². The summed E-state index contributed by atoms with van der Waals surface area (Å²) in [6.45, 7) is 2.18. The quantitative estimate of drug-likeness (QED) is 0.459. The summed E-state index contributed by atoms with van der Waals surface area (Å²) < 4.78 is 21.2. The van der Waals surface area contributed by atoms with Crippen molar-refractivity contribution >= 4 is 22.4 Å². The van der Waals surface area contributed by atoms with Gasteiger partial charge in [-0.2, -0.15) is 5.10 Å². The zero-order chi connectivity index (χ0) is 21.5. The molecule has 0 amide bonds. The number of fused-ring (bicyclic) bond motifs is 3. The van der Waals surface area contributed by atoms with Crippen molar-refractivity contribution in [3.63, 3.8) is 0 Å². The summed E-state index contributed by atoms with van der Waals surface area (Å²) in [4.78, 5) is 12.1. The number of hydrogen-bond acceptors (Lipinski definition) is 3. The number of aromatic nitrogens is 2. The fourth-order valence-corrected chi connectivity index (χ4v) is 4.11. The van der Waals surface area contributed by atoms with E-state index in [-0.39, 0.29) is 5.82 Å². The maximum absolute atomic E-state index is 13.4. The number of rotatable bonds is 3. The van der Waals surface area contributed by atoms with E-state index in [1.807, 2.05) is 43.3 Å². The van der Waals surface area contributed by atoms with Gasteiger partial charge >= 0.3 is 5.97 Å². The minimum absolute atomic E-state index is 0.314. The van der Waals surface area contributed by atoms with Crippen LogP contribution in [-0.2, 0) is 11.4 Å². The molecule has 6 heteroatoms. The van der Waals surface area contributed by atoms with Crippen LogP contribution in [0.3, 0.4) is 0 Å². The molecule has 0 radical (unpaired) electrons. The van der Waals surface area contributed by atoms with Gasteiger partial charge in [-0.1, -0.05) is 31.2 Å². The number of carboxylic acids is 1. The van der Waals surface area contributed by atoms with E-state index in [0.29, 0.717) is 29.9 Å². The van der Waals surface area contributed by atoms with Crippen LogP contribution in [0.1, 0.15) is 30.0 Å². The van der Waals surface area contributed by atoms with Crippen molar-refractivity contribution in [2.45, 2.75) is 20.0 Å². The van der Waals surface area contributed by atoms with Crippen molar-refractivity contribution in [2.24, 2.45) is 0 Å². The summed E-state index contributed by atoms with van der Waals surface area (Å²) >= 11 is 0. The molecule has 2 heterocycles. The standard InChI is InChI=1S/C25H19FN2O3/c1-2-19(25(29)30)24-20-6-4-3-5-15(20)14-31-23-12-22-16(11-21(23)24)13-27-28(22)18-9-7-17(26)8-10-18/h3-13H,2,14H2,1H3,(H,29,30). The van der Waals surface area contributed by atoms with E-state index in [2.05, 4.69) is 5.10 Å². The van der Waals surface area contributed by atoms with Crippen LogP contribution in [0.25, 0.3) is 22.2 Å². The third kappa shape index (κ3) is 3.17. The number of benzene rings is 3. The third-order valence-corrected chi connectivity index (χ3v) is 5.59. The second-order valence-electron chi connectivity index (χ2n) is 7.40. The minimum Gasteiger partial charge on any atom is -0.488 e. The fourth-order valence-electron chi connectivity index (χ4n) is 4.11. The van der Waals surface area contributed by atoms with Gasteiger partial charge in [0.05, 0.1) is 17.4 Å². The fraction of sp³-hybridized carbons (Fsp3) is 0.120. The third-order valence-electron chi connectivity index (χ3n) is 5.59. The van der Waals surface area contributed by atoms with Crippen molar-refractivity contribution < 1.29 is 19.0 Å². The maximum Gasteiger partial charge on any atom is 0.332 e. The predicted molar refractivity (Wildman–Crippen MR) is 116 cm³/mol. The molecule has 1 aromatic heterocycles. The number of ether oxygens (including phenoxy) is 1. The first-order chi connectivity index (χ1) is 15.1. The predicted octanol–water partition coefficient (Wildman–Crippen LogP) is 5.35. The van der Waals surface area contributed by atoms with Gasteiger partial charge in [0.25, 0.3) is 0 Å². The molecule has 3 aromatic carbocycles. The van der Waals surface area contributed by atoms with E-state index in [4.69, 9.17) is 4.74 Å². The smallest absolute Gasteiger partial charge is 0.332 e. The van der Waals surface area contributed by atoms with Gasteiger partial charge in [0, 0.05) is 28.2 Å². The molecule has 1 aliphatic rings. The lowest BCUT2D eigenvalue weighted by Gasteiger charge is -2.14. The zero-order valence-electron chi connectivity index (χ0n) is 16.8. The number of carbonyl (C=O) groups is 1. The SMILES string of the molecule is CCC(C(=O)O)=C1c2ccccc2COc2cc3c(cnn3-c3ccc(F)cc3)cc21. The lowest BCUT2D eigenvalue weighted by Crippen LogP contribution is -2.05. The van der Waals surface area contributed by atoms with Gasteiger partial charge in [-0.25, -0.2) is 13.9 Å². The first-order valence-electron chi connectivity index (χ1n) is 10.0. The molecule has 154 valence electrons. The monoisotopic (exact) mass is 414 g/mol. The van der Waals surface area contributed by atoms with Gasteiger partial charge in [-0.05, 0) is 47.9 Å². The number of hydrogen-bond donors (Lipinski definition) is 1. The normalized spacial score (nSPS) is 14.4. The topological polar surface area (TPSA) is 64.3 Å². The van der Waals surface area contributed by atoms with E-state index in [9.17, 15) is 14.3 Å². The number of nitrogens with zero attached hydrogens (tertiary/aromatic N) is 2. The van der Waals surface area contributed by atoms with Crippen LogP contribution in [0.15, 0.2) is 72.4 Å². The second kappa shape index (κ2) is 7.40. The van der Waals surface area contributed by atoms with Gasteiger partial charge in [0.1, 0.15) is 18.2 Å². The molecule has 4 aromatic rings. The maximum atomic E-state index is 13.4. The average Bonchev–Trinajstić information content (AvgIpc) is 3.11. The Morgan fingerprint density at radius 3 is 2.65 bits per heavy atom. The highest BCUT2D eigenvalue weighted by atomic mass is 19.1. The average molecular weight is 414 g/mol. The summed E-state index contributed by atoms with van der Waals surface area (Å²) in [5, 5.41) is 15.2. The first-order valence-corrected chi connectivity index (χ1v) is 10.0. The van der Waals surface area contributed by atoms with Gasteiger partial charge in [0.2, 0.25) is 0 Å². The first kappa shape index (κ1) is 19.1. The largest absolute Gasteiger partial charge is 0.488 e. The lowest BCUT2D eigenvalue weighted by molar-refractivity contribution is -0.132. The van der Waals surface area contributed by atoms with Gasteiger partial charge in [0.15, 0.2) is 0 Å². The van der Waals surface area contributed by atoms with Crippen LogP contribution in [0, 0.1) is 5.82 Å². The molecule has 1 N–H and O–H groups in total. The van der Waals surface area contributed by atoms with Gasteiger partial charge < -0.3 is 9.84 Å². The van der Waals surface area contributed by atoms with Crippen molar-refractivity contribution in [1.29, 1.82) is 0 Å². The van der Waals surface area contributed by atoms with E-state index in [1.165, 1.54) is 12.1 Å². The molecule has 1 aliphatic heterocycles. The van der Waals surface area contributed by atoms with Crippen LogP contribution < -0.4 is 4.74 Å². The molecule has 0 aliphatic carbocycles. The molecule has 0 spiro atoms. The highest BCUT2D eigenvalue weighted by Gasteiger charge is 2.25. The van der Waals surface area contributed by atoms with Gasteiger partial charge in [-0.3, -0.25) is 0 Å². The Hall–Kier alpha value is -3.93. The highest BCUT2D eigenvalue weighted by Crippen LogP contribution is 2.41. The van der Waals surface area contributed by atoms with Crippen LogP contribution >= 0.6 is 0 Å². The van der Waals surface area contributed by atoms with Crippen LogP contribution in [0.4, 0.5) is 4.39 Å². The molecule has 0 bridgehead atoms. The Kier molecular flexibility index (Phi) is 4.55. The number of halogens is 1. The minimum atomic E-state index is -0.942.